The van der Waals surface area contributed by atoms with Crippen LogP contribution in [-0.2, 0) is 0 Å². The van der Waals surface area contributed by atoms with Crippen LogP contribution in [0, 0.1) is 0 Å². The lowest BCUT2D eigenvalue weighted by Gasteiger charge is -2.35. The van der Waals surface area contributed by atoms with E-state index in [0.29, 0.717) is 0 Å². The molecule has 1 aromatic rings. The maximum Gasteiger partial charge on any atom is 0.227 e. The highest BCUT2D eigenvalue weighted by Gasteiger charge is 2.18. The second-order valence-corrected chi connectivity index (χ2v) is 6.04. The molecule has 2 saturated heterocycles. The van der Waals surface area contributed by atoms with Crippen LogP contribution in [0.15, 0.2) is 12.3 Å². The van der Waals surface area contributed by atoms with E-state index in [0.717, 1.165) is 57.6 Å². The standard InChI is InChI=1S/C16H27N5/c1-2-19-11-13-20(14-12-19)15-7-8-17-16(18-15)21-9-5-3-4-6-10-21/h7-8H,2-6,9-14H2,1H3. The van der Waals surface area contributed by atoms with E-state index >= 15 is 0 Å². The van der Waals surface area contributed by atoms with Crippen LogP contribution in [-0.4, -0.2) is 60.7 Å². The number of aromatic nitrogens is 2. The SMILES string of the molecule is CCN1CCN(c2ccnc(N3CCCCCC3)n2)CC1. The molecular formula is C16H27N5. The maximum atomic E-state index is 4.83. The van der Waals surface area contributed by atoms with E-state index in [-0.39, 0.29) is 0 Å². The summed E-state index contributed by atoms with van der Waals surface area (Å²) in [6, 6.07) is 2.06. The van der Waals surface area contributed by atoms with Crippen molar-refractivity contribution in [3.8, 4) is 0 Å². The minimum atomic E-state index is 0.923. The Kier molecular flexibility index (Phi) is 4.91. The van der Waals surface area contributed by atoms with Crippen molar-refractivity contribution in [2.75, 3.05) is 55.6 Å². The molecule has 0 atom stereocenters. The number of nitrogens with zero attached hydrogens (tertiary/aromatic N) is 5. The summed E-state index contributed by atoms with van der Waals surface area (Å²) in [5.41, 5.74) is 0. The average Bonchev–Trinajstić information content (AvgIpc) is 2.84. The highest BCUT2D eigenvalue weighted by Crippen LogP contribution is 2.19. The van der Waals surface area contributed by atoms with Crippen LogP contribution >= 0.6 is 0 Å². The zero-order valence-corrected chi connectivity index (χ0v) is 13.2. The molecular weight excluding hydrogens is 262 g/mol. The van der Waals surface area contributed by atoms with E-state index < -0.39 is 0 Å². The van der Waals surface area contributed by atoms with Crippen molar-refractivity contribution in [2.24, 2.45) is 0 Å². The van der Waals surface area contributed by atoms with E-state index in [1.54, 1.807) is 0 Å². The van der Waals surface area contributed by atoms with Crippen molar-refractivity contribution in [1.82, 2.24) is 14.9 Å². The van der Waals surface area contributed by atoms with Gasteiger partial charge in [0.05, 0.1) is 0 Å². The Morgan fingerprint density at radius 2 is 1.62 bits per heavy atom. The largest absolute Gasteiger partial charge is 0.354 e. The van der Waals surface area contributed by atoms with Crippen LogP contribution in [0.3, 0.4) is 0 Å². The summed E-state index contributed by atoms with van der Waals surface area (Å²) < 4.78 is 0. The molecule has 0 unspecified atom stereocenters. The first-order valence-corrected chi connectivity index (χ1v) is 8.42. The predicted octanol–water partition coefficient (Wildman–Crippen LogP) is 2.00. The van der Waals surface area contributed by atoms with Gasteiger partial charge in [0.25, 0.3) is 0 Å². The molecule has 0 saturated carbocycles. The number of piperazine rings is 1. The second-order valence-electron chi connectivity index (χ2n) is 6.04. The van der Waals surface area contributed by atoms with E-state index in [9.17, 15) is 0 Å². The monoisotopic (exact) mass is 289 g/mol. The number of likely N-dealkylation sites (N-methyl/N-ethyl adjacent to an activating group) is 1. The molecule has 5 heteroatoms. The molecule has 3 heterocycles. The number of hydrogen-bond acceptors (Lipinski definition) is 5. The lowest BCUT2D eigenvalue weighted by Crippen LogP contribution is -2.46. The van der Waals surface area contributed by atoms with Crippen molar-refractivity contribution >= 4 is 11.8 Å². The van der Waals surface area contributed by atoms with E-state index in [1.165, 1.54) is 25.7 Å². The van der Waals surface area contributed by atoms with Crippen molar-refractivity contribution in [3.05, 3.63) is 12.3 Å². The Bertz CT molecular complexity index is 434. The van der Waals surface area contributed by atoms with Gasteiger partial charge in [0, 0.05) is 45.5 Å². The Labute approximate surface area is 128 Å². The zero-order valence-electron chi connectivity index (χ0n) is 13.2. The minimum absolute atomic E-state index is 0.923. The normalized spacial score (nSPS) is 21.4. The fourth-order valence-corrected chi connectivity index (χ4v) is 3.23. The topological polar surface area (TPSA) is 35.5 Å². The second kappa shape index (κ2) is 7.07. The van der Waals surface area contributed by atoms with Crippen molar-refractivity contribution in [1.29, 1.82) is 0 Å². The highest BCUT2D eigenvalue weighted by molar-refractivity contribution is 5.44. The third kappa shape index (κ3) is 3.64. The lowest BCUT2D eigenvalue weighted by molar-refractivity contribution is 0.270. The van der Waals surface area contributed by atoms with E-state index in [1.807, 2.05) is 6.20 Å². The molecule has 5 nitrogen and oxygen atoms in total. The Morgan fingerprint density at radius 3 is 2.29 bits per heavy atom. The molecule has 2 aliphatic rings. The molecule has 0 bridgehead atoms. The summed E-state index contributed by atoms with van der Waals surface area (Å²) in [6.45, 7) is 10.0. The van der Waals surface area contributed by atoms with E-state index in [2.05, 4.69) is 32.7 Å². The Hall–Kier alpha value is -1.36. The van der Waals surface area contributed by atoms with Crippen LogP contribution in [0.5, 0.6) is 0 Å². The van der Waals surface area contributed by atoms with Gasteiger partial charge in [-0.3, -0.25) is 0 Å². The molecule has 1 aromatic heterocycles. The van der Waals surface area contributed by atoms with Gasteiger partial charge in [0.15, 0.2) is 0 Å². The lowest BCUT2D eigenvalue weighted by atomic mass is 10.2. The van der Waals surface area contributed by atoms with Gasteiger partial charge in [-0.1, -0.05) is 19.8 Å². The number of anilines is 2. The molecule has 0 aliphatic carbocycles. The quantitative estimate of drug-likeness (QED) is 0.850. The van der Waals surface area contributed by atoms with Gasteiger partial charge in [0.1, 0.15) is 5.82 Å². The molecule has 2 aliphatic heterocycles. The molecule has 116 valence electrons. The Morgan fingerprint density at radius 1 is 0.905 bits per heavy atom. The van der Waals surface area contributed by atoms with Gasteiger partial charge in [-0.25, -0.2) is 4.98 Å². The molecule has 0 radical (unpaired) electrons. The summed E-state index contributed by atoms with van der Waals surface area (Å²) in [5.74, 6) is 2.02. The molecule has 2 fully saturated rings. The summed E-state index contributed by atoms with van der Waals surface area (Å²) in [4.78, 5) is 16.6. The zero-order chi connectivity index (χ0) is 14.5. The third-order valence-corrected chi connectivity index (χ3v) is 4.66. The van der Waals surface area contributed by atoms with Gasteiger partial charge < -0.3 is 14.7 Å². The van der Waals surface area contributed by atoms with Crippen molar-refractivity contribution in [3.63, 3.8) is 0 Å². The summed E-state index contributed by atoms with van der Waals surface area (Å²) >= 11 is 0. The minimum Gasteiger partial charge on any atom is -0.354 e. The van der Waals surface area contributed by atoms with Crippen LogP contribution in [0.2, 0.25) is 0 Å². The van der Waals surface area contributed by atoms with Gasteiger partial charge in [0.2, 0.25) is 5.95 Å². The first-order chi connectivity index (χ1) is 10.4. The van der Waals surface area contributed by atoms with Gasteiger partial charge in [-0.05, 0) is 25.5 Å². The third-order valence-electron chi connectivity index (χ3n) is 4.66. The van der Waals surface area contributed by atoms with Gasteiger partial charge >= 0.3 is 0 Å². The summed E-state index contributed by atoms with van der Waals surface area (Å²) in [5, 5.41) is 0. The Balaban J connectivity index is 1.68. The molecule has 0 N–H and O–H groups in total. The predicted molar refractivity (Wildman–Crippen MR) is 87.0 cm³/mol. The smallest absolute Gasteiger partial charge is 0.227 e. The van der Waals surface area contributed by atoms with E-state index in [4.69, 9.17) is 4.98 Å². The summed E-state index contributed by atoms with van der Waals surface area (Å²) in [6.07, 6.45) is 7.14. The average molecular weight is 289 g/mol. The molecule has 21 heavy (non-hydrogen) atoms. The fourth-order valence-electron chi connectivity index (χ4n) is 3.23. The maximum absolute atomic E-state index is 4.83. The van der Waals surface area contributed by atoms with Crippen molar-refractivity contribution < 1.29 is 0 Å². The number of rotatable bonds is 3. The molecule has 0 aromatic carbocycles. The van der Waals surface area contributed by atoms with Crippen LogP contribution in [0.1, 0.15) is 32.6 Å². The fraction of sp³-hybridized carbons (Fsp3) is 0.750. The van der Waals surface area contributed by atoms with Gasteiger partial charge in [-0.15, -0.1) is 0 Å². The highest BCUT2D eigenvalue weighted by atomic mass is 15.3. The van der Waals surface area contributed by atoms with Crippen molar-refractivity contribution in [2.45, 2.75) is 32.6 Å². The van der Waals surface area contributed by atoms with Crippen LogP contribution in [0.25, 0.3) is 0 Å². The number of hydrogen-bond donors (Lipinski definition) is 0. The molecule has 3 rings (SSSR count). The first-order valence-electron chi connectivity index (χ1n) is 8.42. The van der Waals surface area contributed by atoms with Crippen LogP contribution in [0.4, 0.5) is 11.8 Å². The summed E-state index contributed by atoms with van der Waals surface area (Å²) in [7, 11) is 0. The first kappa shape index (κ1) is 14.6. The van der Waals surface area contributed by atoms with Gasteiger partial charge in [-0.2, -0.15) is 4.98 Å². The van der Waals surface area contributed by atoms with Crippen LogP contribution < -0.4 is 9.80 Å². The molecule has 0 spiro atoms. The molecule has 0 amide bonds.